The molecule has 0 aliphatic carbocycles. The summed E-state index contributed by atoms with van der Waals surface area (Å²) in [4.78, 5) is 33.5. The van der Waals surface area contributed by atoms with Gasteiger partial charge in [-0.2, -0.15) is 13.2 Å². The van der Waals surface area contributed by atoms with Crippen molar-refractivity contribution in [2.75, 3.05) is 17.7 Å². The zero-order valence-electron chi connectivity index (χ0n) is 18.3. The summed E-state index contributed by atoms with van der Waals surface area (Å²) in [5.41, 5.74) is 6.06. The first-order valence-corrected chi connectivity index (χ1v) is 11.0. The van der Waals surface area contributed by atoms with Crippen LogP contribution in [-0.2, 0) is 18.3 Å². The number of aromatic nitrogens is 3. The molecule has 0 bridgehead atoms. The number of rotatable bonds is 6. The van der Waals surface area contributed by atoms with Crippen LogP contribution in [0.3, 0.4) is 0 Å². The first kappa shape index (κ1) is 25.0. The first-order chi connectivity index (χ1) is 16.9. The molecule has 0 spiro atoms. The smallest absolute Gasteiger partial charge is 0.422 e. The average Bonchev–Trinajstić information content (AvgIpc) is 3.24. The number of nitrogens with one attached hydrogen (secondary N) is 1. The predicted molar refractivity (Wildman–Crippen MR) is 123 cm³/mol. The lowest BCUT2D eigenvalue weighted by atomic mass is 10.1. The fourth-order valence-corrected chi connectivity index (χ4v) is 4.08. The van der Waals surface area contributed by atoms with Crippen molar-refractivity contribution in [2.45, 2.75) is 12.6 Å². The van der Waals surface area contributed by atoms with E-state index in [0.717, 1.165) is 28.0 Å². The molecule has 14 heteroatoms. The van der Waals surface area contributed by atoms with Crippen LogP contribution in [0, 0.1) is 11.6 Å². The quantitative estimate of drug-likeness (QED) is 0.368. The van der Waals surface area contributed by atoms with Crippen LogP contribution < -0.4 is 21.3 Å². The van der Waals surface area contributed by atoms with E-state index in [1.165, 1.54) is 12.4 Å². The summed E-state index contributed by atoms with van der Waals surface area (Å²) in [6, 6.07) is 6.38. The Kier molecular flexibility index (Phi) is 6.63. The van der Waals surface area contributed by atoms with Crippen molar-refractivity contribution in [2.24, 2.45) is 7.05 Å². The highest BCUT2D eigenvalue weighted by Gasteiger charge is 2.30. The molecule has 1 amide bonds. The van der Waals surface area contributed by atoms with Crippen molar-refractivity contribution < 1.29 is 31.5 Å². The number of ether oxygens (including phenoxy) is 1. The number of thiazole rings is 1. The number of hydrogen-bond acceptors (Lipinski definition) is 7. The lowest BCUT2D eigenvalue weighted by Crippen LogP contribution is -2.23. The second kappa shape index (κ2) is 9.53. The van der Waals surface area contributed by atoms with E-state index in [1.807, 2.05) is 0 Å². The molecule has 3 N–H and O–H groups in total. The van der Waals surface area contributed by atoms with Gasteiger partial charge in [0.2, 0.25) is 11.9 Å². The molecule has 0 unspecified atom stereocenters. The molecule has 0 fully saturated rings. The first-order valence-electron chi connectivity index (χ1n) is 10.1. The lowest BCUT2D eigenvalue weighted by Gasteiger charge is -2.11. The number of nitrogen functional groups attached to an aromatic ring is 1. The molecular formula is C22H16F5N5O3S. The molecule has 2 aromatic heterocycles. The van der Waals surface area contributed by atoms with Crippen LogP contribution in [0.1, 0.15) is 5.56 Å². The number of carbonyl (C=O) groups is 1. The van der Waals surface area contributed by atoms with Gasteiger partial charge in [-0.3, -0.25) is 14.2 Å². The van der Waals surface area contributed by atoms with Crippen LogP contribution in [0.4, 0.5) is 33.0 Å². The number of amides is 1. The molecule has 8 nitrogen and oxygen atoms in total. The molecule has 2 heterocycles. The Labute approximate surface area is 203 Å². The van der Waals surface area contributed by atoms with Crippen molar-refractivity contribution in [3.8, 4) is 17.0 Å². The summed E-state index contributed by atoms with van der Waals surface area (Å²) in [5.74, 6) is -4.32. The second-order valence-corrected chi connectivity index (χ2v) is 8.44. The molecule has 0 radical (unpaired) electrons. The topological polar surface area (TPSA) is 112 Å². The minimum absolute atomic E-state index is 0.0252. The molecule has 0 atom stereocenters. The summed E-state index contributed by atoms with van der Waals surface area (Å²) in [5, 5.41) is 4.29. The third-order valence-corrected chi connectivity index (χ3v) is 5.76. The third kappa shape index (κ3) is 5.27. The molecule has 0 saturated heterocycles. The Bertz CT molecular complexity index is 1510. The highest BCUT2D eigenvalue weighted by atomic mass is 32.1. The van der Waals surface area contributed by atoms with Gasteiger partial charge < -0.3 is 15.8 Å². The lowest BCUT2D eigenvalue weighted by molar-refractivity contribution is -0.154. The van der Waals surface area contributed by atoms with E-state index in [-0.39, 0.29) is 34.1 Å². The van der Waals surface area contributed by atoms with Gasteiger partial charge in [0.1, 0.15) is 0 Å². The van der Waals surface area contributed by atoms with Gasteiger partial charge in [-0.1, -0.05) is 12.1 Å². The number of halogens is 5. The van der Waals surface area contributed by atoms with Gasteiger partial charge in [-0.05, 0) is 23.8 Å². The van der Waals surface area contributed by atoms with Crippen LogP contribution >= 0.6 is 11.3 Å². The number of carbonyl (C=O) groups excluding carboxylic acids is 1. The Morgan fingerprint density at radius 1 is 1.19 bits per heavy atom. The number of alkyl halides is 3. The van der Waals surface area contributed by atoms with Gasteiger partial charge in [0.25, 0.3) is 5.56 Å². The maximum atomic E-state index is 14.2. The molecule has 4 rings (SSSR count). The third-order valence-electron chi connectivity index (χ3n) is 5.00. The van der Waals surface area contributed by atoms with E-state index in [4.69, 9.17) is 5.73 Å². The second-order valence-electron chi connectivity index (χ2n) is 7.58. The summed E-state index contributed by atoms with van der Waals surface area (Å²) < 4.78 is 70.6. The minimum Gasteiger partial charge on any atom is -0.478 e. The minimum atomic E-state index is -4.76. The fraction of sp³-hybridized carbons (Fsp3) is 0.182. The monoisotopic (exact) mass is 525 g/mol. The van der Waals surface area contributed by atoms with E-state index in [1.54, 1.807) is 18.2 Å². The van der Waals surface area contributed by atoms with Crippen LogP contribution in [0.15, 0.2) is 40.5 Å². The number of nitrogens with zero attached hydrogens (tertiary/aromatic N) is 3. The van der Waals surface area contributed by atoms with Crippen LogP contribution in [-0.4, -0.2) is 33.2 Å². The normalized spacial score (nSPS) is 11.6. The van der Waals surface area contributed by atoms with Crippen LogP contribution in [0.2, 0.25) is 0 Å². The molecular weight excluding hydrogens is 509 g/mol. The van der Waals surface area contributed by atoms with Crippen molar-refractivity contribution in [1.82, 2.24) is 14.5 Å². The van der Waals surface area contributed by atoms with Crippen LogP contribution in [0.5, 0.6) is 5.75 Å². The van der Waals surface area contributed by atoms with E-state index in [9.17, 15) is 31.5 Å². The molecule has 188 valence electrons. The van der Waals surface area contributed by atoms with Crippen LogP contribution in [0.25, 0.3) is 22.2 Å². The zero-order chi connectivity index (χ0) is 26.2. The fourth-order valence-electron chi connectivity index (χ4n) is 3.34. The average molecular weight is 525 g/mol. The number of fused-ring (bicyclic) bond motifs is 1. The Morgan fingerprint density at radius 2 is 1.89 bits per heavy atom. The van der Waals surface area contributed by atoms with E-state index >= 15 is 0 Å². The molecule has 4 aromatic rings. The zero-order valence-corrected chi connectivity index (χ0v) is 19.1. The van der Waals surface area contributed by atoms with Gasteiger partial charge in [0.15, 0.2) is 29.1 Å². The summed E-state index contributed by atoms with van der Waals surface area (Å²) in [6.45, 7) is -1.85. The SMILES string of the molecule is Cn1c(N)nc2cccc(CC(=O)Nc3nc(-c4cc(F)c(OCC(F)(F)F)c(F)c4)cs3)c2c1=O. The Balaban J connectivity index is 1.51. The van der Waals surface area contributed by atoms with Gasteiger partial charge in [-0.25, -0.2) is 18.7 Å². The predicted octanol–water partition coefficient (Wildman–Crippen LogP) is 4.04. The highest BCUT2D eigenvalue weighted by Crippen LogP contribution is 2.32. The standard InChI is InChI=1S/C22H16F5N5O3S/c1-32-19(34)17-10(3-2-4-14(17)29-20(32)28)7-16(33)31-21-30-15(8-36-21)11-5-12(23)18(13(24)6-11)35-9-22(25,26)27/h2-6,8H,7,9H2,1H3,(H2,28,29)(H,30,31,33). The summed E-state index contributed by atoms with van der Waals surface area (Å²) >= 11 is 0.961. The van der Waals surface area contributed by atoms with Crippen molar-refractivity contribution in [3.63, 3.8) is 0 Å². The van der Waals surface area contributed by atoms with E-state index < -0.39 is 41.6 Å². The number of anilines is 2. The number of benzene rings is 2. The van der Waals surface area contributed by atoms with E-state index in [2.05, 4.69) is 20.0 Å². The molecule has 0 saturated carbocycles. The van der Waals surface area contributed by atoms with Gasteiger partial charge >= 0.3 is 6.18 Å². The number of nitrogens with two attached hydrogens (primary N) is 1. The number of hydrogen-bond donors (Lipinski definition) is 2. The summed E-state index contributed by atoms with van der Waals surface area (Å²) in [6.07, 6.45) is -4.95. The van der Waals surface area contributed by atoms with Gasteiger partial charge in [0.05, 0.1) is 23.0 Å². The van der Waals surface area contributed by atoms with Crippen molar-refractivity contribution >= 4 is 39.2 Å². The van der Waals surface area contributed by atoms with Gasteiger partial charge in [0, 0.05) is 18.0 Å². The molecule has 0 aliphatic heterocycles. The van der Waals surface area contributed by atoms with Crippen molar-refractivity contribution in [1.29, 1.82) is 0 Å². The molecule has 36 heavy (non-hydrogen) atoms. The molecule has 0 aliphatic rings. The Morgan fingerprint density at radius 3 is 2.56 bits per heavy atom. The summed E-state index contributed by atoms with van der Waals surface area (Å²) in [7, 11) is 1.46. The molecule has 2 aromatic carbocycles. The maximum Gasteiger partial charge on any atom is 0.422 e. The highest BCUT2D eigenvalue weighted by molar-refractivity contribution is 7.14. The maximum absolute atomic E-state index is 14.2. The van der Waals surface area contributed by atoms with Gasteiger partial charge in [-0.15, -0.1) is 11.3 Å². The van der Waals surface area contributed by atoms with Crippen molar-refractivity contribution in [3.05, 3.63) is 63.3 Å². The van der Waals surface area contributed by atoms with E-state index in [0.29, 0.717) is 11.1 Å². The largest absolute Gasteiger partial charge is 0.478 e. The Hall–Kier alpha value is -4.07.